The molecule has 3 nitrogen and oxygen atoms in total. The van der Waals surface area contributed by atoms with Gasteiger partial charge in [-0.1, -0.05) is 20.3 Å². The second kappa shape index (κ2) is 5.57. The lowest BCUT2D eigenvalue weighted by atomic mass is 9.44. The van der Waals surface area contributed by atoms with Crippen LogP contribution in [0.5, 0.6) is 0 Å². The van der Waals surface area contributed by atoms with Gasteiger partial charge in [0.05, 0.1) is 5.41 Å². The van der Waals surface area contributed by atoms with Gasteiger partial charge in [0, 0.05) is 6.54 Å². The number of nitrogens with two attached hydrogens (primary N) is 1. The number of carbonyl (C=O) groups is 1. The lowest BCUT2D eigenvalue weighted by Gasteiger charge is -2.60. The van der Waals surface area contributed by atoms with Crippen molar-refractivity contribution < 1.29 is 4.79 Å². The molecular weight excluding hydrogens is 260 g/mol. The van der Waals surface area contributed by atoms with E-state index >= 15 is 0 Å². The van der Waals surface area contributed by atoms with E-state index < -0.39 is 0 Å². The maximum Gasteiger partial charge on any atom is 0.226 e. The van der Waals surface area contributed by atoms with Crippen molar-refractivity contribution in [3.8, 4) is 0 Å². The van der Waals surface area contributed by atoms with Crippen molar-refractivity contribution in [2.24, 2.45) is 34.3 Å². The van der Waals surface area contributed by atoms with Gasteiger partial charge in [-0.3, -0.25) is 4.79 Å². The first-order valence-electron chi connectivity index (χ1n) is 8.97. The molecule has 4 saturated carbocycles. The zero-order valence-electron chi connectivity index (χ0n) is 13.8. The summed E-state index contributed by atoms with van der Waals surface area (Å²) in [4.78, 5) is 12.9. The molecule has 120 valence electrons. The van der Waals surface area contributed by atoms with Crippen molar-refractivity contribution in [2.45, 2.75) is 65.2 Å². The van der Waals surface area contributed by atoms with E-state index in [2.05, 4.69) is 19.2 Å². The quantitative estimate of drug-likeness (QED) is 0.790. The Bertz CT molecular complexity index is 392. The number of hydrogen-bond acceptors (Lipinski definition) is 2. The molecule has 0 aromatic heterocycles. The maximum atomic E-state index is 12.9. The molecule has 0 aliphatic heterocycles. The fraction of sp³-hybridized carbons (Fsp3) is 0.944. The molecule has 0 radical (unpaired) electrons. The van der Waals surface area contributed by atoms with Crippen LogP contribution in [0.4, 0.5) is 0 Å². The van der Waals surface area contributed by atoms with Crippen molar-refractivity contribution in [1.82, 2.24) is 5.32 Å². The van der Waals surface area contributed by atoms with Gasteiger partial charge in [0.1, 0.15) is 0 Å². The van der Waals surface area contributed by atoms with Crippen molar-refractivity contribution in [2.75, 3.05) is 13.1 Å². The van der Waals surface area contributed by atoms with E-state index in [4.69, 9.17) is 5.73 Å². The van der Waals surface area contributed by atoms with Crippen LogP contribution >= 0.6 is 0 Å². The summed E-state index contributed by atoms with van der Waals surface area (Å²) >= 11 is 0. The van der Waals surface area contributed by atoms with Crippen LogP contribution in [0.3, 0.4) is 0 Å². The van der Waals surface area contributed by atoms with E-state index in [1.165, 1.54) is 19.3 Å². The minimum Gasteiger partial charge on any atom is -0.355 e. The Kier molecular flexibility index (Phi) is 4.06. The molecule has 1 amide bonds. The molecule has 0 saturated heterocycles. The van der Waals surface area contributed by atoms with E-state index in [0.717, 1.165) is 57.0 Å². The normalized spacial score (nSPS) is 42.0. The second-order valence-electron chi connectivity index (χ2n) is 8.61. The SMILES string of the molecule is CCC(CCN)CNC(=O)C12CC3CC(CC(C)(C3)C1)C2. The van der Waals surface area contributed by atoms with Gasteiger partial charge in [0.15, 0.2) is 0 Å². The highest BCUT2D eigenvalue weighted by molar-refractivity contribution is 5.83. The first kappa shape index (κ1) is 15.3. The Hall–Kier alpha value is -0.570. The Morgan fingerprint density at radius 1 is 1.29 bits per heavy atom. The smallest absolute Gasteiger partial charge is 0.226 e. The Balaban J connectivity index is 1.64. The van der Waals surface area contributed by atoms with Crippen LogP contribution < -0.4 is 11.1 Å². The topological polar surface area (TPSA) is 55.1 Å². The maximum absolute atomic E-state index is 12.9. The molecule has 4 fully saturated rings. The summed E-state index contributed by atoms with van der Waals surface area (Å²) in [6.45, 7) is 6.16. The van der Waals surface area contributed by atoms with Crippen LogP contribution in [0.2, 0.25) is 0 Å². The van der Waals surface area contributed by atoms with Gasteiger partial charge in [-0.2, -0.15) is 0 Å². The lowest BCUT2D eigenvalue weighted by molar-refractivity contribution is -0.155. The van der Waals surface area contributed by atoms with E-state index in [1.807, 2.05) is 0 Å². The number of rotatable bonds is 6. The lowest BCUT2D eigenvalue weighted by Crippen LogP contribution is -2.57. The van der Waals surface area contributed by atoms with Gasteiger partial charge < -0.3 is 11.1 Å². The van der Waals surface area contributed by atoms with Crippen molar-refractivity contribution in [3.05, 3.63) is 0 Å². The first-order chi connectivity index (χ1) is 9.98. The van der Waals surface area contributed by atoms with Gasteiger partial charge in [-0.25, -0.2) is 0 Å². The average molecular weight is 292 g/mol. The summed E-state index contributed by atoms with van der Waals surface area (Å²) in [7, 11) is 0. The largest absolute Gasteiger partial charge is 0.355 e. The standard InChI is InChI=1S/C18H32N2O/c1-3-13(4-5-19)11-20-16(21)18-9-14-6-15(10-18)8-17(2,7-14)12-18/h13-15H,3-12,19H2,1-2H3,(H,20,21). The van der Waals surface area contributed by atoms with E-state index in [0.29, 0.717) is 17.2 Å². The van der Waals surface area contributed by atoms with E-state index in [1.54, 1.807) is 0 Å². The van der Waals surface area contributed by atoms with E-state index in [-0.39, 0.29) is 5.41 Å². The molecular formula is C18H32N2O. The van der Waals surface area contributed by atoms with Gasteiger partial charge in [-0.05, 0) is 74.7 Å². The summed E-state index contributed by atoms with van der Waals surface area (Å²) in [5, 5.41) is 3.30. The molecule has 4 bridgehead atoms. The predicted molar refractivity (Wildman–Crippen MR) is 85.7 cm³/mol. The highest BCUT2D eigenvalue weighted by atomic mass is 16.2. The molecule has 4 aliphatic carbocycles. The van der Waals surface area contributed by atoms with Crippen LogP contribution in [0, 0.1) is 28.6 Å². The molecule has 4 rings (SSSR count). The third-order valence-corrected chi connectivity index (χ3v) is 6.54. The molecule has 0 heterocycles. The van der Waals surface area contributed by atoms with Crippen molar-refractivity contribution in [1.29, 1.82) is 0 Å². The number of nitrogens with one attached hydrogen (secondary N) is 1. The number of carbonyl (C=O) groups excluding carboxylic acids is 1. The summed E-state index contributed by atoms with van der Waals surface area (Å²) in [6.07, 6.45) is 9.67. The molecule has 3 N–H and O–H groups in total. The van der Waals surface area contributed by atoms with Crippen LogP contribution in [-0.4, -0.2) is 19.0 Å². The minimum absolute atomic E-state index is 0.0279. The zero-order chi connectivity index (χ0) is 15.1. The third kappa shape index (κ3) is 2.86. The Morgan fingerprint density at radius 2 is 1.95 bits per heavy atom. The number of amides is 1. The highest BCUT2D eigenvalue weighted by Gasteiger charge is 2.58. The van der Waals surface area contributed by atoms with E-state index in [9.17, 15) is 4.79 Å². The van der Waals surface area contributed by atoms with Crippen LogP contribution in [0.15, 0.2) is 0 Å². The van der Waals surface area contributed by atoms with Gasteiger partial charge in [-0.15, -0.1) is 0 Å². The van der Waals surface area contributed by atoms with Crippen molar-refractivity contribution >= 4 is 5.91 Å². The zero-order valence-corrected chi connectivity index (χ0v) is 13.8. The summed E-state index contributed by atoms with van der Waals surface area (Å²) in [6, 6.07) is 0. The van der Waals surface area contributed by atoms with Gasteiger partial charge in [0.25, 0.3) is 0 Å². The molecule has 21 heavy (non-hydrogen) atoms. The molecule has 0 spiro atoms. The van der Waals surface area contributed by atoms with Crippen molar-refractivity contribution in [3.63, 3.8) is 0 Å². The fourth-order valence-corrected chi connectivity index (χ4v) is 6.10. The Morgan fingerprint density at radius 3 is 2.48 bits per heavy atom. The summed E-state index contributed by atoms with van der Waals surface area (Å²) in [5.41, 5.74) is 6.08. The summed E-state index contributed by atoms with van der Waals surface area (Å²) in [5.74, 6) is 2.53. The van der Waals surface area contributed by atoms with Gasteiger partial charge >= 0.3 is 0 Å². The van der Waals surface area contributed by atoms with Gasteiger partial charge in [0.2, 0.25) is 5.91 Å². The second-order valence-corrected chi connectivity index (χ2v) is 8.61. The third-order valence-electron chi connectivity index (χ3n) is 6.54. The van der Waals surface area contributed by atoms with Crippen LogP contribution in [-0.2, 0) is 4.79 Å². The highest BCUT2D eigenvalue weighted by Crippen LogP contribution is 2.65. The molecule has 0 aromatic rings. The summed E-state index contributed by atoms with van der Waals surface area (Å²) < 4.78 is 0. The molecule has 4 aliphatic rings. The van der Waals surface area contributed by atoms with Crippen LogP contribution in [0.25, 0.3) is 0 Å². The monoisotopic (exact) mass is 292 g/mol. The molecule has 0 aromatic carbocycles. The Labute approximate surface area is 129 Å². The molecule has 3 unspecified atom stereocenters. The predicted octanol–water partition coefficient (Wildman–Crippen LogP) is 3.08. The minimum atomic E-state index is -0.0279. The van der Waals surface area contributed by atoms with Crippen LogP contribution in [0.1, 0.15) is 65.2 Å². The molecule has 3 heteroatoms. The number of hydrogen-bond donors (Lipinski definition) is 2. The average Bonchev–Trinajstić information content (AvgIpc) is 2.40. The first-order valence-corrected chi connectivity index (χ1v) is 8.97. The molecule has 3 atom stereocenters. The fourth-order valence-electron chi connectivity index (χ4n) is 6.10.